The zero-order valence-electron chi connectivity index (χ0n) is 7.60. The molecule has 0 saturated carbocycles. The zero-order valence-corrected chi connectivity index (χ0v) is 7.60. The van der Waals surface area contributed by atoms with Crippen molar-refractivity contribution in [3.05, 3.63) is 23.3 Å². The molecule has 0 spiro atoms. The van der Waals surface area contributed by atoms with Gasteiger partial charge in [-0.2, -0.15) is 0 Å². The van der Waals surface area contributed by atoms with Crippen LogP contribution in [0.1, 0.15) is 17.3 Å². The van der Waals surface area contributed by atoms with Crippen molar-refractivity contribution in [2.45, 2.75) is 6.92 Å². The van der Waals surface area contributed by atoms with Crippen LogP contribution in [-0.2, 0) is 0 Å². The van der Waals surface area contributed by atoms with Gasteiger partial charge >= 0.3 is 0 Å². The van der Waals surface area contributed by atoms with Crippen LogP contribution in [0.25, 0.3) is 0 Å². The molecule has 0 aliphatic rings. The van der Waals surface area contributed by atoms with E-state index in [1.54, 1.807) is 0 Å². The summed E-state index contributed by atoms with van der Waals surface area (Å²) in [6, 6.07) is 0.459. The largest absolute Gasteiger partial charge is 0.504 e. The van der Waals surface area contributed by atoms with Crippen LogP contribution in [0.15, 0.2) is 6.07 Å². The summed E-state index contributed by atoms with van der Waals surface area (Å²) < 4.78 is 30.4. The number of carbonyl (C=O) groups excluding carboxylic acids is 1. The Balaban J connectivity index is 3.56. The standard InChI is InChI=1S/C9H8F2O3/c1-4(12)7-8(13)5(10)3-6(11)9(7)14-2/h3,13H,1-2H3. The fourth-order valence-electron chi connectivity index (χ4n) is 1.12. The summed E-state index contributed by atoms with van der Waals surface area (Å²) in [6.45, 7) is 1.08. The van der Waals surface area contributed by atoms with E-state index in [9.17, 15) is 13.6 Å². The minimum absolute atomic E-state index is 0.448. The molecular formula is C9H8F2O3. The van der Waals surface area contributed by atoms with E-state index in [-0.39, 0.29) is 0 Å². The number of hydrogen-bond donors (Lipinski definition) is 1. The van der Waals surface area contributed by atoms with Gasteiger partial charge in [0.15, 0.2) is 28.9 Å². The highest BCUT2D eigenvalue weighted by Crippen LogP contribution is 2.33. The summed E-state index contributed by atoms with van der Waals surface area (Å²) in [5, 5.41) is 9.16. The number of halogens is 2. The van der Waals surface area contributed by atoms with E-state index < -0.39 is 34.5 Å². The Morgan fingerprint density at radius 1 is 1.43 bits per heavy atom. The quantitative estimate of drug-likeness (QED) is 0.745. The van der Waals surface area contributed by atoms with Crippen LogP contribution in [0.2, 0.25) is 0 Å². The predicted molar refractivity (Wildman–Crippen MR) is 44.6 cm³/mol. The Labute approximate surface area is 78.9 Å². The molecule has 3 nitrogen and oxygen atoms in total. The van der Waals surface area contributed by atoms with E-state index in [4.69, 9.17) is 5.11 Å². The summed E-state index contributed by atoms with van der Waals surface area (Å²) in [7, 11) is 1.13. The molecule has 0 saturated heterocycles. The molecule has 0 atom stereocenters. The molecule has 0 aromatic heterocycles. The number of ether oxygens (including phenoxy) is 1. The summed E-state index contributed by atoms with van der Waals surface area (Å²) in [5.74, 6) is -4.22. The lowest BCUT2D eigenvalue weighted by molar-refractivity contribution is 0.101. The molecule has 0 fully saturated rings. The summed E-state index contributed by atoms with van der Waals surface area (Å²) in [5.41, 5.74) is -0.481. The third kappa shape index (κ3) is 1.53. The second kappa shape index (κ2) is 3.61. The Bertz CT molecular complexity index is 388. The van der Waals surface area contributed by atoms with Crippen LogP contribution >= 0.6 is 0 Å². The minimum atomic E-state index is -1.19. The predicted octanol–water partition coefficient (Wildman–Crippen LogP) is 1.88. The van der Waals surface area contributed by atoms with Crippen LogP contribution < -0.4 is 4.74 Å². The van der Waals surface area contributed by atoms with Crippen molar-refractivity contribution in [1.82, 2.24) is 0 Å². The molecule has 0 amide bonds. The van der Waals surface area contributed by atoms with Crippen molar-refractivity contribution in [3.8, 4) is 11.5 Å². The highest BCUT2D eigenvalue weighted by atomic mass is 19.1. The van der Waals surface area contributed by atoms with E-state index in [2.05, 4.69) is 4.74 Å². The normalized spacial score (nSPS) is 10.0. The number of ketones is 1. The molecule has 1 aromatic rings. The van der Waals surface area contributed by atoms with Gasteiger partial charge in [0.1, 0.15) is 5.56 Å². The number of benzene rings is 1. The van der Waals surface area contributed by atoms with Gasteiger partial charge in [-0.25, -0.2) is 8.78 Å². The summed E-state index contributed by atoms with van der Waals surface area (Å²) in [4.78, 5) is 11.0. The Morgan fingerprint density at radius 2 is 2.00 bits per heavy atom. The maximum absolute atomic E-state index is 13.0. The average Bonchev–Trinajstić information content (AvgIpc) is 2.10. The van der Waals surface area contributed by atoms with E-state index in [0.29, 0.717) is 6.07 Å². The lowest BCUT2D eigenvalue weighted by Gasteiger charge is -2.09. The Kier molecular flexibility index (Phi) is 2.69. The molecule has 0 aliphatic heterocycles. The molecule has 1 rings (SSSR count). The van der Waals surface area contributed by atoms with Crippen LogP contribution in [0.4, 0.5) is 8.78 Å². The second-order valence-electron chi connectivity index (χ2n) is 2.65. The van der Waals surface area contributed by atoms with Crippen molar-refractivity contribution in [2.75, 3.05) is 7.11 Å². The number of rotatable bonds is 2. The molecule has 0 heterocycles. The number of carbonyl (C=O) groups is 1. The highest BCUT2D eigenvalue weighted by Gasteiger charge is 2.21. The number of aromatic hydroxyl groups is 1. The topological polar surface area (TPSA) is 46.5 Å². The first-order valence-electron chi connectivity index (χ1n) is 3.75. The Morgan fingerprint density at radius 3 is 2.43 bits per heavy atom. The van der Waals surface area contributed by atoms with Gasteiger partial charge in [0, 0.05) is 6.07 Å². The molecule has 76 valence electrons. The fraction of sp³-hybridized carbons (Fsp3) is 0.222. The van der Waals surface area contributed by atoms with Gasteiger partial charge in [0.25, 0.3) is 0 Å². The molecule has 1 aromatic carbocycles. The minimum Gasteiger partial charge on any atom is -0.504 e. The van der Waals surface area contributed by atoms with Crippen LogP contribution in [0.5, 0.6) is 11.5 Å². The van der Waals surface area contributed by atoms with Crippen molar-refractivity contribution in [2.24, 2.45) is 0 Å². The van der Waals surface area contributed by atoms with Crippen LogP contribution in [-0.4, -0.2) is 18.0 Å². The van der Waals surface area contributed by atoms with Gasteiger partial charge in [0.05, 0.1) is 7.11 Å². The van der Waals surface area contributed by atoms with Crippen molar-refractivity contribution in [1.29, 1.82) is 0 Å². The SMILES string of the molecule is COc1c(F)cc(F)c(O)c1C(C)=O. The number of methoxy groups -OCH3 is 1. The first-order chi connectivity index (χ1) is 6.49. The van der Waals surface area contributed by atoms with Gasteiger partial charge in [0.2, 0.25) is 0 Å². The van der Waals surface area contributed by atoms with Gasteiger partial charge < -0.3 is 9.84 Å². The van der Waals surface area contributed by atoms with Crippen molar-refractivity contribution >= 4 is 5.78 Å². The molecule has 1 N–H and O–H groups in total. The van der Waals surface area contributed by atoms with E-state index in [0.717, 1.165) is 14.0 Å². The molecule has 14 heavy (non-hydrogen) atoms. The van der Waals surface area contributed by atoms with E-state index in [1.807, 2.05) is 0 Å². The monoisotopic (exact) mass is 202 g/mol. The van der Waals surface area contributed by atoms with E-state index in [1.165, 1.54) is 0 Å². The fourth-order valence-corrected chi connectivity index (χ4v) is 1.12. The maximum Gasteiger partial charge on any atom is 0.169 e. The molecular weight excluding hydrogens is 194 g/mol. The molecule has 5 heteroatoms. The third-order valence-corrected chi connectivity index (χ3v) is 1.72. The third-order valence-electron chi connectivity index (χ3n) is 1.72. The van der Waals surface area contributed by atoms with Crippen LogP contribution in [0, 0.1) is 11.6 Å². The maximum atomic E-state index is 13.0. The van der Waals surface area contributed by atoms with Crippen molar-refractivity contribution < 1.29 is 23.4 Å². The number of Topliss-reactive ketones (excluding diaryl/α,β-unsaturated/α-hetero) is 1. The summed E-state index contributed by atoms with van der Waals surface area (Å²) in [6.07, 6.45) is 0. The second-order valence-corrected chi connectivity index (χ2v) is 2.65. The van der Waals surface area contributed by atoms with Crippen LogP contribution in [0.3, 0.4) is 0 Å². The first kappa shape index (κ1) is 10.4. The van der Waals surface area contributed by atoms with Gasteiger partial charge in [-0.15, -0.1) is 0 Å². The number of hydrogen-bond acceptors (Lipinski definition) is 3. The zero-order chi connectivity index (χ0) is 10.9. The molecule has 0 unspecified atom stereocenters. The molecule has 0 bridgehead atoms. The van der Waals surface area contributed by atoms with Gasteiger partial charge in [-0.05, 0) is 6.92 Å². The lowest BCUT2D eigenvalue weighted by Crippen LogP contribution is -2.02. The van der Waals surface area contributed by atoms with Gasteiger partial charge in [-0.3, -0.25) is 4.79 Å². The lowest BCUT2D eigenvalue weighted by atomic mass is 10.1. The van der Waals surface area contributed by atoms with E-state index >= 15 is 0 Å². The molecule has 0 aliphatic carbocycles. The Hall–Kier alpha value is -1.65. The molecule has 0 radical (unpaired) electrons. The number of phenols is 1. The first-order valence-corrected chi connectivity index (χ1v) is 3.75. The number of phenolic OH excluding ortho intramolecular Hbond substituents is 1. The highest BCUT2D eigenvalue weighted by molar-refractivity contribution is 5.99. The van der Waals surface area contributed by atoms with Gasteiger partial charge in [-0.1, -0.05) is 0 Å². The smallest absolute Gasteiger partial charge is 0.169 e. The van der Waals surface area contributed by atoms with Crippen molar-refractivity contribution in [3.63, 3.8) is 0 Å². The average molecular weight is 202 g/mol. The summed E-state index contributed by atoms with van der Waals surface area (Å²) >= 11 is 0.